The summed E-state index contributed by atoms with van der Waals surface area (Å²) in [5.74, 6) is -1.68. The van der Waals surface area contributed by atoms with Crippen molar-refractivity contribution in [2.75, 3.05) is 0 Å². The summed E-state index contributed by atoms with van der Waals surface area (Å²) in [5.41, 5.74) is 4.84. The molecule has 0 spiro atoms. The van der Waals surface area contributed by atoms with Crippen LogP contribution in [0.1, 0.15) is 46.5 Å². The lowest BCUT2D eigenvalue weighted by molar-refractivity contribution is -0.142. The van der Waals surface area contributed by atoms with Gasteiger partial charge in [0.25, 0.3) is 0 Å². The van der Waals surface area contributed by atoms with Crippen molar-refractivity contribution in [3.8, 4) is 0 Å². The summed E-state index contributed by atoms with van der Waals surface area (Å²) < 4.78 is 0. The van der Waals surface area contributed by atoms with Crippen LogP contribution >= 0.6 is 0 Å². The number of nitrogens with two attached hydrogens (primary N) is 1. The lowest BCUT2D eigenvalue weighted by Gasteiger charge is -2.31. The Hall–Kier alpha value is -1.79. The normalized spacial score (nSPS) is 24.0. The van der Waals surface area contributed by atoms with Crippen molar-refractivity contribution < 1.29 is 19.5 Å². The third-order valence-corrected chi connectivity index (χ3v) is 3.84. The summed E-state index contributed by atoms with van der Waals surface area (Å²) in [5, 5.41) is 14.3. The Kier molecular flexibility index (Phi) is 5.57. The molecule has 7 heteroatoms. The summed E-state index contributed by atoms with van der Waals surface area (Å²) in [6, 6.07) is -1.26. The number of nitrogens with one attached hydrogen (secondary N) is 2. The van der Waals surface area contributed by atoms with Crippen LogP contribution in [0.5, 0.6) is 0 Å². The van der Waals surface area contributed by atoms with Gasteiger partial charge >= 0.3 is 12.0 Å². The second-order valence-electron chi connectivity index (χ2n) is 6.71. The molecule has 1 saturated carbocycles. The first-order valence-corrected chi connectivity index (χ1v) is 7.20. The van der Waals surface area contributed by atoms with E-state index in [1.807, 2.05) is 20.8 Å². The molecular weight excluding hydrogens is 274 g/mol. The van der Waals surface area contributed by atoms with Crippen LogP contribution in [-0.4, -0.2) is 35.1 Å². The van der Waals surface area contributed by atoms with Crippen LogP contribution < -0.4 is 16.4 Å². The second kappa shape index (κ2) is 6.78. The highest BCUT2D eigenvalue weighted by molar-refractivity contribution is 5.86. The Morgan fingerprint density at radius 3 is 2.05 bits per heavy atom. The predicted octanol–water partition coefficient (Wildman–Crippen LogP) is 0.829. The van der Waals surface area contributed by atoms with E-state index in [2.05, 4.69) is 10.6 Å². The molecule has 5 N–H and O–H groups in total. The van der Waals surface area contributed by atoms with Gasteiger partial charge in [0.1, 0.15) is 6.04 Å². The van der Waals surface area contributed by atoms with Gasteiger partial charge in [0.05, 0.1) is 5.92 Å². The summed E-state index contributed by atoms with van der Waals surface area (Å²) in [6.07, 6.45) is 2.36. The number of primary amides is 1. The van der Waals surface area contributed by atoms with Crippen LogP contribution in [0.25, 0.3) is 0 Å². The molecule has 0 saturated heterocycles. The van der Waals surface area contributed by atoms with Gasteiger partial charge in [0.15, 0.2) is 0 Å². The van der Waals surface area contributed by atoms with Crippen molar-refractivity contribution in [2.45, 2.75) is 58.5 Å². The van der Waals surface area contributed by atoms with E-state index in [-0.39, 0.29) is 12.0 Å². The molecule has 1 aliphatic carbocycles. The zero-order chi connectivity index (χ0) is 16.2. The zero-order valence-electron chi connectivity index (χ0n) is 12.8. The van der Waals surface area contributed by atoms with Crippen molar-refractivity contribution in [1.29, 1.82) is 0 Å². The number of urea groups is 1. The highest BCUT2D eigenvalue weighted by Gasteiger charge is 2.32. The standard InChI is InChI=1S/C14H25N3O4/c1-14(2,3)10(11(15)18)17-13(21)16-9-6-4-8(5-7-9)12(19)20/h8-10H,4-7H2,1-3H3,(H2,15,18)(H,19,20)(H2,16,17,21). The fourth-order valence-corrected chi connectivity index (χ4v) is 2.56. The molecule has 0 aromatic carbocycles. The molecule has 3 amide bonds. The molecule has 7 nitrogen and oxygen atoms in total. The Morgan fingerprint density at radius 2 is 1.67 bits per heavy atom. The van der Waals surface area contributed by atoms with E-state index in [1.54, 1.807) is 0 Å². The van der Waals surface area contributed by atoms with Crippen LogP contribution in [0.15, 0.2) is 0 Å². The number of hydrogen-bond acceptors (Lipinski definition) is 3. The lowest BCUT2D eigenvalue weighted by Crippen LogP contribution is -2.56. The van der Waals surface area contributed by atoms with E-state index in [1.165, 1.54) is 0 Å². The first-order valence-electron chi connectivity index (χ1n) is 7.20. The number of carboxylic acids is 1. The fraction of sp³-hybridized carbons (Fsp3) is 0.786. The fourth-order valence-electron chi connectivity index (χ4n) is 2.56. The third-order valence-electron chi connectivity index (χ3n) is 3.84. The first-order chi connectivity index (χ1) is 9.61. The summed E-state index contributed by atoms with van der Waals surface area (Å²) in [6.45, 7) is 5.46. The van der Waals surface area contributed by atoms with Gasteiger partial charge in [-0.25, -0.2) is 4.79 Å². The van der Waals surface area contributed by atoms with Gasteiger partial charge in [-0.15, -0.1) is 0 Å². The number of carbonyl (C=O) groups is 3. The Bertz CT molecular complexity index is 409. The Morgan fingerprint density at radius 1 is 1.14 bits per heavy atom. The smallest absolute Gasteiger partial charge is 0.315 e. The molecule has 0 heterocycles. The molecule has 1 rings (SSSR count). The van der Waals surface area contributed by atoms with Crippen LogP contribution in [0, 0.1) is 11.3 Å². The highest BCUT2D eigenvalue weighted by atomic mass is 16.4. The van der Waals surface area contributed by atoms with Crippen molar-refractivity contribution in [3.63, 3.8) is 0 Å². The SMILES string of the molecule is CC(C)(C)C(NC(=O)NC1CCC(C(=O)O)CC1)C(N)=O. The minimum absolute atomic E-state index is 0.0610. The quantitative estimate of drug-likeness (QED) is 0.614. The zero-order valence-corrected chi connectivity index (χ0v) is 12.8. The van der Waals surface area contributed by atoms with E-state index in [9.17, 15) is 14.4 Å². The van der Waals surface area contributed by atoms with E-state index in [4.69, 9.17) is 10.8 Å². The molecule has 0 radical (unpaired) electrons. The van der Waals surface area contributed by atoms with Crippen molar-refractivity contribution in [3.05, 3.63) is 0 Å². The maximum absolute atomic E-state index is 11.9. The van der Waals surface area contributed by atoms with E-state index in [0.717, 1.165) is 0 Å². The molecule has 0 aromatic heterocycles. The van der Waals surface area contributed by atoms with Crippen LogP contribution in [-0.2, 0) is 9.59 Å². The predicted molar refractivity (Wildman–Crippen MR) is 77.5 cm³/mol. The monoisotopic (exact) mass is 299 g/mol. The maximum atomic E-state index is 11.9. The number of rotatable bonds is 4. The van der Waals surface area contributed by atoms with Crippen molar-refractivity contribution in [2.24, 2.45) is 17.1 Å². The number of hydrogen-bond donors (Lipinski definition) is 4. The van der Waals surface area contributed by atoms with Gasteiger partial charge in [-0.1, -0.05) is 20.8 Å². The van der Waals surface area contributed by atoms with Gasteiger partial charge in [-0.3, -0.25) is 9.59 Å². The summed E-state index contributed by atoms with van der Waals surface area (Å²) in [7, 11) is 0. The Balaban J connectivity index is 2.47. The summed E-state index contributed by atoms with van der Waals surface area (Å²) in [4.78, 5) is 34.2. The minimum atomic E-state index is -0.778. The molecule has 21 heavy (non-hydrogen) atoms. The second-order valence-corrected chi connectivity index (χ2v) is 6.71. The average molecular weight is 299 g/mol. The largest absolute Gasteiger partial charge is 0.481 e. The molecule has 1 aliphatic rings. The molecule has 1 fully saturated rings. The minimum Gasteiger partial charge on any atom is -0.481 e. The first kappa shape index (κ1) is 17.3. The summed E-state index contributed by atoms with van der Waals surface area (Å²) >= 11 is 0. The van der Waals surface area contributed by atoms with Gasteiger partial charge in [0, 0.05) is 6.04 Å². The van der Waals surface area contributed by atoms with E-state index in [0.29, 0.717) is 25.7 Å². The molecular formula is C14H25N3O4. The van der Waals surface area contributed by atoms with Gasteiger partial charge in [-0.2, -0.15) is 0 Å². The molecule has 0 aromatic rings. The van der Waals surface area contributed by atoms with Crippen LogP contribution in [0.3, 0.4) is 0 Å². The highest BCUT2D eigenvalue weighted by Crippen LogP contribution is 2.24. The number of carboxylic acid groups (broad SMARTS) is 1. The third kappa shape index (κ3) is 5.24. The van der Waals surface area contributed by atoms with E-state index >= 15 is 0 Å². The van der Waals surface area contributed by atoms with Gasteiger partial charge in [0.2, 0.25) is 5.91 Å². The number of amides is 3. The van der Waals surface area contributed by atoms with Crippen molar-refractivity contribution in [1.82, 2.24) is 10.6 Å². The maximum Gasteiger partial charge on any atom is 0.315 e. The van der Waals surface area contributed by atoms with Gasteiger partial charge < -0.3 is 21.5 Å². The molecule has 0 bridgehead atoms. The Labute approximate surface area is 124 Å². The van der Waals surface area contributed by atoms with Crippen molar-refractivity contribution >= 4 is 17.9 Å². The van der Waals surface area contributed by atoms with Crippen LogP contribution in [0.4, 0.5) is 4.79 Å². The molecule has 1 unspecified atom stereocenters. The molecule has 0 aliphatic heterocycles. The number of aliphatic carboxylic acids is 1. The van der Waals surface area contributed by atoms with Gasteiger partial charge in [-0.05, 0) is 31.1 Å². The topological polar surface area (TPSA) is 122 Å². The lowest BCUT2D eigenvalue weighted by atomic mass is 9.85. The van der Waals surface area contributed by atoms with E-state index < -0.39 is 29.4 Å². The van der Waals surface area contributed by atoms with Crippen LogP contribution in [0.2, 0.25) is 0 Å². The number of carbonyl (C=O) groups excluding carboxylic acids is 2. The molecule has 120 valence electrons. The molecule has 1 atom stereocenters. The average Bonchev–Trinajstić information content (AvgIpc) is 2.35.